The Kier molecular flexibility index (Phi) is 5.64. The number of aliphatic carboxylic acids is 1. The Morgan fingerprint density at radius 1 is 1.43 bits per heavy atom. The minimum absolute atomic E-state index is 0.0184. The average molecular weight is 498 g/mol. The Balaban J connectivity index is 1.38. The number of oxazole rings is 1. The fraction of sp³-hybridized carbons (Fsp3) is 0.238. The van der Waals surface area contributed by atoms with Crippen molar-refractivity contribution in [1.82, 2.24) is 15.2 Å². The van der Waals surface area contributed by atoms with Crippen LogP contribution in [0.2, 0.25) is 0 Å². The summed E-state index contributed by atoms with van der Waals surface area (Å²) in [5.41, 5.74) is 6.95. The van der Waals surface area contributed by atoms with Crippen LogP contribution in [-0.2, 0) is 25.8 Å². The molecule has 35 heavy (non-hydrogen) atoms. The van der Waals surface area contributed by atoms with Gasteiger partial charge in [-0.25, -0.2) is 0 Å². The fourth-order valence-electron chi connectivity index (χ4n) is 4.03. The largest absolute Gasteiger partial charge is 0.543 e. The number of nitrogens with two attached hydrogens (primary N) is 1. The van der Waals surface area contributed by atoms with Crippen LogP contribution in [0.1, 0.15) is 5.69 Å². The third kappa shape index (κ3) is 3.86. The maximum absolute atomic E-state index is 13.0. The Labute approximate surface area is 201 Å². The highest BCUT2D eigenvalue weighted by molar-refractivity contribution is 8.00. The van der Waals surface area contributed by atoms with Gasteiger partial charge in [-0.05, 0) is 6.07 Å². The van der Waals surface area contributed by atoms with Gasteiger partial charge in [0.25, 0.3) is 23.3 Å². The summed E-state index contributed by atoms with van der Waals surface area (Å²) in [6.07, 6.45) is 4.46. The highest BCUT2D eigenvalue weighted by Crippen LogP contribution is 2.40. The van der Waals surface area contributed by atoms with Crippen LogP contribution in [0.4, 0.5) is 6.01 Å². The van der Waals surface area contributed by atoms with Crippen LogP contribution in [0.3, 0.4) is 0 Å². The molecule has 1 saturated heterocycles. The second-order valence-corrected chi connectivity index (χ2v) is 8.71. The number of β-lactam (4-membered cyclic amide) rings is 1. The first-order valence-corrected chi connectivity index (χ1v) is 11.3. The van der Waals surface area contributed by atoms with Crippen LogP contribution in [-0.4, -0.2) is 57.7 Å². The number of furan rings is 1. The molecule has 2 amide bonds. The van der Waals surface area contributed by atoms with E-state index in [1.54, 1.807) is 30.7 Å². The molecule has 0 bridgehead atoms. The minimum Gasteiger partial charge on any atom is -0.543 e. The summed E-state index contributed by atoms with van der Waals surface area (Å²) in [6.45, 7) is 0.221. The number of nitrogens with zero attached hydrogens (tertiary/aromatic N) is 4. The molecule has 5 rings (SSSR count). The zero-order valence-electron chi connectivity index (χ0n) is 18.2. The standard InChI is InChI=1S/C21H18N6O7S/c1-32-25-14(11-8-34-21(22)23-11)17(28)24-15-18(29)27-16(20(30)31)10(9-35-19(15)27)7-26-5-2-3-13-12(26)4-6-33-13/h2-6,8,15,19H,7,9H2,1H3,(H3-,22,23,24,28,30,31)/b25-14+. The normalized spacial score (nSPS) is 20.0. The van der Waals surface area contributed by atoms with Crippen molar-refractivity contribution in [3.05, 3.63) is 53.9 Å². The lowest BCUT2D eigenvalue weighted by Gasteiger charge is -2.50. The first kappa shape index (κ1) is 22.5. The van der Waals surface area contributed by atoms with Gasteiger partial charge in [0.1, 0.15) is 30.5 Å². The van der Waals surface area contributed by atoms with Crippen LogP contribution in [0, 0.1) is 0 Å². The molecule has 0 saturated carbocycles. The monoisotopic (exact) mass is 498 g/mol. The Morgan fingerprint density at radius 3 is 2.97 bits per heavy atom. The molecule has 1 fully saturated rings. The molecular weight excluding hydrogens is 480 g/mol. The summed E-state index contributed by atoms with van der Waals surface area (Å²) in [5.74, 6) is -2.51. The third-order valence-electron chi connectivity index (χ3n) is 5.55. The average Bonchev–Trinajstić information content (AvgIpc) is 3.49. The second-order valence-electron chi connectivity index (χ2n) is 7.60. The van der Waals surface area contributed by atoms with E-state index in [-0.39, 0.29) is 29.7 Å². The number of nitrogens with one attached hydrogen (secondary N) is 1. The molecule has 0 aromatic carbocycles. The molecular formula is C21H18N6O7S. The maximum atomic E-state index is 13.0. The van der Waals surface area contributed by atoms with Crippen molar-refractivity contribution in [3.63, 3.8) is 0 Å². The molecule has 3 aromatic rings. The summed E-state index contributed by atoms with van der Waals surface area (Å²) in [7, 11) is 1.24. The van der Waals surface area contributed by atoms with Crippen molar-refractivity contribution in [2.24, 2.45) is 5.16 Å². The van der Waals surface area contributed by atoms with Crippen molar-refractivity contribution in [2.75, 3.05) is 18.6 Å². The molecule has 3 N–H and O–H groups in total. The number of carboxylic acids is 1. The number of hydrogen-bond acceptors (Lipinski definition) is 11. The topological polar surface area (TPSA) is 180 Å². The number of pyridine rings is 1. The van der Waals surface area contributed by atoms with Crippen LogP contribution in [0.15, 0.2) is 62.2 Å². The number of anilines is 1. The molecule has 2 unspecified atom stereocenters. The summed E-state index contributed by atoms with van der Waals surface area (Å²) in [6, 6.07) is 4.19. The van der Waals surface area contributed by atoms with E-state index >= 15 is 0 Å². The first-order valence-electron chi connectivity index (χ1n) is 10.3. The summed E-state index contributed by atoms with van der Waals surface area (Å²) in [4.78, 5) is 47.5. The van der Waals surface area contributed by atoms with Gasteiger partial charge in [0, 0.05) is 23.5 Å². The number of rotatable bonds is 7. The number of carbonyl (C=O) groups is 3. The minimum atomic E-state index is -1.47. The summed E-state index contributed by atoms with van der Waals surface area (Å²) >= 11 is 1.33. The quantitative estimate of drug-likeness (QED) is 0.173. The van der Waals surface area contributed by atoms with Crippen molar-refractivity contribution in [2.45, 2.75) is 18.0 Å². The number of aromatic nitrogens is 2. The SMILES string of the molecule is CO/N=C(/C(=O)NC1C(=O)N2C(C(=O)[O-])=C(C[n+]3cccc4occc43)CSC12)c1coc(N)n1. The van der Waals surface area contributed by atoms with E-state index in [0.717, 1.165) is 16.7 Å². The van der Waals surface area contributed by atoms with Gasteiger partial charge in [0.2, 0.25) is 0 Å². The molecule has 13 nitrogen and oxygen atoms in total. The zero-order chi connectivity index (χ0) is 24.7. The van der Waals surface area contributed by atoms with Gasteiger partial charge in [0.15, 0.2) is 24.0 Å². The van der Waals surface area contributed by atoms with Crippen LogP contribution >= 0.6 is 11.8 Å². The van der Waals surface area contributed by atoms with Gasteiger partial charge in [-0.1, -0.05) is 5.16 Å². The number of oxime groups is 1. The second kappa shape index (κ2) is 8.79. The highest BCUT2D eigenvalue weighted by atomic mass is 32.2. The molecule has 5 heterocycles. The zero-order valence-corrected chi connectivity index (χ0v) is 19.0. The van der Waals surface area contributed by atoms with E-state index in [2.05, 4.69) is 15.5 Å². The number of carboxylic acid groups (broad SMARTS) is 1. The predicted octanol–water partition coefficient (Wildman–Crippen LogP) is -1.25. The molecule has 2 aliphatic rings. The van der Waals surface area contributed by atoms with Gasteiger partial charge in [-0.3, -0.25) is 14.5 Å². The predicted molar refractivity (Wildman–Crippen MR) is 118 cm³/mol. The molecule has 0 radical (unpaired) electrons. The van der Waals surface area contributed by atoms with E-state index in [9.17, 15) is 19.5 Å². The lowest BCUT2D eigenvalue weighted by molar-refractivity contribution is -0.663. The number of amides is 2. The van der Waals surface area contributed by atoms with Crippen LogP contribution in [0.25, 0.3) is 11.1 Å². The van der Waals surface area contributed by atoms with E-state index in [4.69, 9.17) is 19.4 Å². The van der Waals surface area contributed by atoms with Gasteiger partial charge in [0.05, 0.1) is 17.9 Å². The number of carbonyl (C=O) groups excluding carboxylic acids is 3. The van der Waals surface area contributed by atoms with Crippen LogP contribution in [0.5, 0.6) is 0 Å². The van der Waals surface area contributed by atoms with Gasteiger partial charge in [-0.2, -0.15) is 9.55 Å². The summed E-state index contributed by atoms with van der Waals surface area (Å²) < 4.78 is 12.1. The van der Waals surface area contributed by atoms with Crippen molar-refractivity contribution in [1.29, 1.82) is 0 Å². The lowest BCUT2D eigenvalue weighted by Crippen LogP contribution is -2.71. The Bertz CT molecular complexity index is 1410. The molecule has 14 heteroatoms. The van der Waals surface area contributed by atoms with E-state index < -0.39 is 29.2 Å². The lowest BCUT2D eigenvalue weighted by atomic mass is 10.0. The summed E-state index contributed by atoms with van der Waals surface area (Å²) in [5, 5.41) is 17.6. The first-order chi connectivity index (χ1) is 16.9. The fourth-order valence-corrected chi connectivity index (χ4v) is 5.36. The molecule has 0 spiro atoms. The number of hydrogen-bond donors (Lipinski definition) is 2. The number of nitrogen functional groups attached to an aromatic ring is 1. The molecule has 2 atom stereocenters. The molecule has 0 aliphatic carbocycles. The van der Waals surface area contributed by atoms with Crippen molar-refractivity contribution in [3.8, 4) is 0 Å². The van der Waals surface area contributed by atoms with E-state index in [0.29, 0.717) is 16.9 Å². The Morgan fingerprint density at radius 2 is 2.26 bits per heavy atom. The van der Waals surface area contributed by atoms with Crippen molar-refractivity contribution >= 4 is 52.4 Å². The smallest absolute Gasteiger partial charge is 0.292 e. The highest BCUT2D eigenvalue weighted by Gasteiger charge is 2.53. The maximum Gasteiger partial charge on any atom is 0.292 e. The third-order valence-corrected chi connectivity index (χ3v) is 6.89. The van der Waals surface area contributed by atoms with Gasteiger partial charge < -0.3 is 34.6 Å². The molecule has 3 aromatic heterocycles. The van der Waals surface area contributed by atoms with E-state index in [1.807, 2.05) is 4.57 Å². The number of thioether (sulfide) groups is 1. The number of fused-ring (bicyclic) bond motifs is 2. The Hall–Kier alpha value is -4.33. The van der Waals surface area contributed by atoms with Gasteiger partial charge >= 0.3 is 0 Å². The molecule has 180 valence electrons. The molecule has 2 aliphatic heterocycles. The van der Waals surface area contributed by atoms with Crippen molar-refractivity contribution < 1.29 is 37.7 Å². The van der Waals surface area contributed by atoms with Crippen LogP contribution < -0.4 is 20.7 Å². The van der Waals surface area contributed by atoms with E-state index in [1.165, 1.54) is 18.9 Å². The van der Waals surface area contributed by atoms with Gasteiger partial charge in [-0.15, -0.1) is 11.8 Å².